The summed E-state index contributed by atoms with van der Waals surface area (Å²) >= 11 is 0. The molecule has 0 unspecified atom stereocenters. The summed E-state index contributed by atoms with van der Waals surface area (Å²) in [5.41, 5.74) is -6.40. The van der Waals surface area contributed by atoms with Crippen LogP contribution in [0.2, 0.25) is 0 Å². The van der Waals surface area contributed by atoms with E-state index in [0.717, 1.165) is 12.1 Å². The first-order chi connectivity index (χ1) is 13.7. The van der Waals surface area contributed by atoms with Crippen molar-refractivity contribution in [3.8, 4) is 11.8 Å². The third-order valence-electron chi connectivity index (χ3n) is 3.56. The molecule has 1 heterocycles. The third-order valence-corrected chi connectivity index (χ3v) is 5.00. The molecule has 7 nitrogen and oxygen atoms in total. The van der Waals surface area contributed by atoms with Gasteiger partial charge < -0.3 is 4.74 Å². The standard InChI is InChI=1S/C18H12F3N3O4S/c19-18(20,21)29(26,27)24(16(25)13-5-2-1-3-6-13)14-7-9-15(10-8-14)28-17-22-11-4-12-23-17/h1-12H. The lowest BCUT2D eigenvalue weighted by atomic mass is 10.2. The Morgan fingerprint density at radius 1 is 0.897 bits per heavy atom. The van der Waals surface area contributed by atoms with E-state index in [9.17, 15) is 26.4 Å². The van der Waals surface area contributed by atoms with Gasteiger partial charge in [-0.05, 0) is 42.5 Å². The molecule has 0 saturated carbocycles. The summed E-state index contributed by atoms with van der Waals surface area (Å²) in [6.45, 7) is 0. The van der Waals surface area contributed by atoms with E-state index < -0.39 is 27.1 Å². The van der Waals surface area contributed by atoms with Gasteiger partial charge in [0.15, 0.2) is 0 Å². The van der Waals surface area contributed by atoms with Crippen LogP contribution in [0.5, 0.6) is 11.8 Å². The SMILES string of the molecule is O=C(c1ccccc1)N(c1ccc(Oc2ncccn2)cc1)S(=O)(=O)C(F)(F)F. The van der Waals surface area contributed by atoms with Gasteiger partial charge in [0.05, 0.1) is 5.69 Å². The smallest absolute Gasteiger partial charge is 0.424 e. The lowest BCUT2D eigenvalue weighted by Gasteiger charge is -2.23. The van der Waals surface area contributed by atoms with Crippen molar-refractivity contribution in [2.24, 2.45) is 0 Å². The molecule has 0 spiro atoms. The van der Waals surface area contributed by atoms with E-state index in [2.05, 4.69) is 9.97 Å². The Labute approximate surface area is 163 Å². The number of nitrogens with zero attached hydrogens (tertiary/aromatic N) is 3. The number of ether oxygens (including phenoxy) is 1. The molecular formula is C18H12F3N3O4S. The van der Waals surface area contributed by atoms with E-state index >= 15 is 0 Å². The molecular weight excluding hydrogens is 411 g/mol. The number of carbonyl (C=O) groups is 1. The minimum atomic E-state index is -5.99. The molecule has 1 amide bonds. The van der Waals surface area contributed by atoms with Gasteiger partial charge in [0.1, 0.15) is 5.75 Å². The van der Waals surface area contributed by atoms with Crippen LogP contribution in [-0.2, 0) is 10.0 Å². The van der Waals surface area contributed by atoms with Crippen LogP contribution < -0.4 is 9.04 Å². The summed E-state index contributed by atoms with van der Waals surface area (Å²) < 4.78 is 68.7. The lowest BCUT2D eigenvalue weighted by molar-refractivity contribution is -0.0437. The zero-order valence-electron chi connectivity index (χ0n) is 14.4. The van der Waals surface area contributed by atoms with Crippen LogP contribution in [0.4, 0.5) is 18.9 Å². The Morgan fingerprint density at radius 2 is 1.48 bits per heavy atom. The van der Waals surface area contributed by atoms with E-state index in [4.69, 9.17) is 4.74 Å². The summed E-state index contributed by atoms with van der Waals surface area (Å²) in [5, 5.41) is 0. The van der Waals surface area contributed by atoms with Crippen LogP contribution in [0, 0.1) is 0 Å². The number of halogens is 3. The highest BCUT2D eigenvalue weighted by atomic mass is 32.2. The number of alkyl halides is 3. The van der Waals surface area contributed by atoms with E-state index in [-0.39, 0.29) is 21.6 Å². The normalized spacial score (nSPS) is 11.7. The van der Waals surface area contributed by atoms with E-state index in [1.165, 1.54) is 54.9 Å². The third kappa shape index (κ3) is 4.35. The molecule has 11 heteroatoms. The molecule has 3 aromatic rings. The molecule has 2 aromatic carbocycles. The summed E-state index contributed by atoms with van der Waals surface area (Å²) in [7, 11) is -5.99. The first-order valence-electron chi connectivity index (χ1n) is 7.96. The van der Waals surface area contributed by atoms with Crippen molar-refractivity contribution in [1.29, 1.82) is 0 Å². The highest BCUT2D eigenvalue weighted by Gasteiger charge is 2.52. The van der Waals surface area contributed by atoms with Gasteiger partial charge in [-0.15, -0.1) is 0 Å². The van der Waals surface area contributed by atoms with Crippen molar-refractivity contribution in [1.82, 2.24) is 9.97 Å². The van der Waals surface area contributed by atoms with Gasteiger partial charge in [0.25, 0.3) is 5.91 Å². The van der Waals surface area contributed by atoms with Crippen molar-refractivity contribution in [2.45, 2.75) is 5.51 Å². The second kappa shape index (κ2) is 7.87. The Morgan fingerprint density at radius 3 is 2.03 bits per heavy atom. The Kier molecular flexibility index (Phi) is 5.50. The maximum absolute atomic E-state index is 13.2. The minimum absolute atomic E-state index is 0.0135. The van der Waals surface area contributed by atoms with Crippen molar-refractivity contribution in [3.63, 3.8) is 0 Å². The van der Waals surface area contributed by atoms with Gasteiger partial charge in [-0.1, -0.05) is 18.2 Å². The van der Waals surface area contributed by atoms with Crippen LogP contribution in [0.1, 0.15) is 10.4 Å². The van der Waals surface area contributed by atoms with Gasteiger partial charge in [-0.25, -0.2) is 9.97 Å². The van der Waals surface area contributed by atoms with Crippen LogP contribution in [-0.4, -0.2) is 29.8 Å². The summed E-state index contributed by atoms with van der Waals surface area (Å²) in [4.78, 5) is 20.3. The number of rotatable bonds is 5. The van der Waals surface area contributed by atoms with E-state index in [0.29, 0.717) is 0 Å². The number of amides is 1. The Balaban J connectivity index is 1.99. The maximum Gasteiger partial charge on any atom is 0.517 e. The average Bonchev–Trinajstić information content (AvgIpc) is 2.70. The zero-order valence-corrected chi connectivity index (χ0v) is 15.3. The molecule has 0 aliphatic heterocycles. The predicted octanol–water partition coefficient (Wildman–Crippen LogP) is 3.77. The van der Waals surface area contributed by atoms with Crippen LogP contribution in [0.3, 0.4) is 0 Å². The molecule has 0 radical (unpaired) electrons. The topological polar surface area (TPSA) is 89.5 Å². The van der Waals surface area contributed by atoms with E-state index in [1.54, 1.807) is 6.07 Å². The molecule has 0 aliphatic rings. The highest BCUT2D eigenvalue weighted by Crippen LogP contribution is 2.33. The molecule has 150 valence electrons. The highest BCUT2D eigenvalue weighted by molar-refractivity contribution is 7.94. The van der Waals surface area contributed by atoms with Crippen molar-refractivity contribution < 1.29 is 31.1 Å². The largest absolute Gasteiger partial charge is 0.517 e. The first kappa shape index (κ1) is 20.3. The van der Waals surface area contributed by atoms with Crippen molar-refractivity contribution >= 4 is 21.6 Å². The van der Waals surface area contributed by atoms with Crippen LogP contribution >= 0.6 is 0 Å². The predicted molar refractivity (Wildman–Crippen MR) is 96.8 cm³/mol. The first-order valence-corrected chi connectivity index (χ1v) is 9.40. The van der Waals surface area contributed by atoms with Crippen LogP contribution in [0.15, 0.2) is 73.1 Å². The van der Waals surface area contributed by atoms with Gasteiger partial charge in [-0.3, -0.25) is 4.79 Å². The molecule has 0 fully saturated rings. The second-order valence-electron chi connectivity index (χ2n) is 5.51. The molecule has 0 N–H and O–H groups in total. The summed E-state index contributed by atoms with van der Waals surface area (Å²) in [6, 6.07) is 12.8. The van der Waals surface area contributed by atoms with Gasteiger partial charge in [0.2, 0.25) is 0 Å². The molecule has 0 saturated heterocycles. The number of hydrogen-bond acceptors (Lipinski definition) is 6. The fourth-order valence-corrected chi connectivity index (χ4v) is 3.19. The number of aromatic nitrogens is 2. The molecule has 1 aromatic heterocycles. The molecule has 0 aliphatic carbocycles. The zero-order chi connectivity index (χ0) is 21.1. The maximum atomic E-state index is 13.2. The molecule has 3 rings (SSSR count). The average molecular weight is 423 g/mol. The molecule has 0 atom stereocenters. The second-order valence-corrected chi connectivity index (χ2v) is 7.29. The van der Waals surface area contributed by atoms with Gasteiger partial charge >= 0.3 is 21.5 Å². The summed E-state index contributed by atoms with van der Waals surface area (Å²) in [6.07, 6.45) is 2.85. The van der Waals surface area contributed by atoms with E-state index in [1.807, 2.05) is 0 Å². The van der Waals surface area contributed by atoms with Crippen LogP contribution in [0.25, 0.3) is 0 Å². The number of anilines is 1. The molecule has 29 heavy (non-hydrogen) atoms. The monoisotopic (exact) mass is 423 g/mol. The Hall–Kier alpha value is -3.47. The minimum Gasteiger partial charge on any atom is -0.424 e. The number of carbonyl (C=O) groups excluding carboxylic acids is 1. The molecule has 0 bridgehead atoms. The Bertz CT molecular complexity index is 1090. The fourth-order valence-electron chi connectivity index (χ4n) is 2.26. The number of sulfonamides is 1. The quantitative estimate of drug-likeness (QED) is 0.621. The number of benzene rings is 2. The lowest BCUT2D eigenvalue weighted by Crippen LogP contribution is -2.44. The van der Waals surface area contributed by atoms with Crippen molar-refractivity contribution in [2.75, 3.05) is 4.31 Å². The van der Waals surface area contributed by atoms with Gasteiger partial charge in [-0.2, -0.15) is 25.9 Å². The number of hydrogen-bond donors (Lipinski definition) is 0. The van der Waals surface area contributed by atoms with Gasteiger partial charge in [0, 0.05) is 18.0 Å². The fraction of sp³-hybridized carbons (Fsp3) is 0.0556. The van der Waals surface area contributed by atoms with Crippen molar-refractivity contribution in [3.05, 3.63) is 78.6 Å². The summed E-state index contributed by atoms with van der Waals surface area (Å²) in [5.74, 6) is -1.21.